The fraction of sp³-hybridized carbons (Fsp3) is 0.378. The van der Waals surface area contributed by atoms with Crippen LogP contribution in [-0.4, -0.2) is 116 Å². The highest BCUT2D eigenvalue weighted by Crippen LogP contribution is 2.33. The summed E-state index contributed by atoms with van der Waals surface area (Å²) >= 11 is 0. The highest BCUT2D eigenvalue weighted by molar-refractivity contribution is 6.47. The van der Waals surface area contributed by atoms with E-state index in [1.807, 2.05) is 32.2 Å². The number of rotatable bonds is 20. The number of amides is 4. The van der Waals surface area contributed by atoms with Gasteiger partial charge in [0, 0.05) is 55.6 Å². The quantitative estimate of drug-likeness (QED) is 0.0484. The molecule has 65 heavy (non-hydrogen) atoms. The molecule has 20 heteroatoms. The maximum atomic E-state index is 13.7. The zero-order chi connectivity index (χ0) is 46.8. The van der Waals surface area contributed by atoms with Crippen LogP contribution in [0.25, 0.3) is 22.1 Å². The minimum Gasteiger partial charge on any atom is -0.494 e. The van der Waals surface area contributed by atoms with Gasteiger partial charge < -0.3 is 41.1 Å². The molecule has 0 atom stereocenters. The van der Waals surface area contributed by atoms with Crippen molar-refractivity contribution in [2.45, 2.75) is 66.2 Å². The minimum atomic E-state index is -0.679. The number of ether oxygens (including phenoxy) is 2. The molecular weight excluding hydrogens is 833 g/mol. The minimum absolute atomic E-state index is 0.100. The highest BCUT2D eigenvalue weighted by atomic mass is 16.5. The molecule has 0 bridgehead atoms. The van der Waals surface area contributed by atoms with Gasteiger partial charge in [0.1, 0.15) is 40.5 Å². The number of nitrogens with one attached hydrogen (secondary N) is 3. The molecule has 0 radical (unpaired) electrons. The van der Waals surface area contributed by atoms with E-state index in [1.54, 1.807) is 52.8 Å². The van der Waals surface area contributed by atoms with Crippen molar-refractivity contribution in [2.24, 2.45) is 22.2 Å². The first-order valence-electron chi connectivity index (χ1n) is 21.4. The van der Waals surface area contributed by atoms with E-state index >= 15 is 0 Å². The van der Waals surface area contributed by atoms with Gasteiger partial charge in [0.25, 0.3) is 11.8 Å². The Balaban J connectivity index is 1.37. The van der Waals surface area contributed by atoms with E-state index in [1.165, 1.54) is 25.3 Å². The van der Waals surface area contributed by atoms with Crippen molar-refractivity contribution in [1.29, 1.82) is 0 Å². The first-order chi connectivity index (χ1) is 31.2. The lowest BCUT2D eigenvalue weighted by molar-refractivity contribution is -0.110. The van der Waals surface area contributed by atoms with Crippen molar-refractivity contribution < 1.29 is 28.7 Å². The van der Waals surface area contributed by atoms with Crippen molar-refractivity contribution in [3.63, 3.8) is 0 Å². The van der Waals surface area contributed by atoms with E-state index in [2.05, 4.69) is 37.0 Å². The van der Waals surface area contributed by atoms with Crippen molar-refractivity contribution in [3.05, 3.63) is 88.9 Å². The zero-order valence-corrected chi connectivity index (χ0v) is 37.7. The topological polar surface area (TPSA) is 270 Å². The summed E-state index contributed by atoms with van der Waals surface area (Å²) in [4.78, 5) is 68.4. The molecule has 0 unspecified atom stereocenters. The molecule has 20 nitrogen and oxygen atoms in total. The third-order valence-corrected chi connectivity index (χ3v) is 10.8. The molecule has 2 aromatic carbocycles. The maximum Gasteiger partial charge on any atom is 0.276 e. The number of aromatic nitrogens is 6. The number of benzene rings is 2. The van der Waals surface area contributed by atoms with E-state index in [0.29, 0.717) is 69.8 Å². The summed E-state index contributed by atoms with van der Waals surface area (Å²) in [6, 6.07) is 8.37. The predicted octanol–water partition coefficient (Wildman–Crippen LogP) is 3.51. The number of carbonyl (C=O) groups is 4. The summed E-state index contributed by atoms with van der Waals surface area (Å²) in [6.45, 7) is 11.2. The molecule has 4 heterocycles. The standard InChI is InChI=1S/C45H58N14O6/c1-7-50-34(21-27(3)46)42(62)53-44-52-33-24-30(41(48)61)26-37(65-20-12-11-15-56-18-13-31(49-5)14-19-56)39(33)58(44)17-10-9-16-57-38-32(23-29(40(47)60)25-36(38)64-6)51-45(57)54-43(63)35-22-28(4)55-59(35)8-2/h9-12,21-26,31,49H,7-8,13-20,46H2,1-6H3,(H2,47,60)(H2,48,61)(H,51,54,63)(H,52,53,62)/b10-9+,12-11+,27-21-,50-34?. The molecule has 1 saturated heterocycles. The first kappa shape index (κ1) is 47.2. The van der Waals surface area contributed by atoms with E-state index in [0.717, 1.165) is 32.5 Å². The number of methoxy groups -OCH3 is 1. The molecule has 3 aromatic heterocycles. The van der Waals surface area contributed by atoms with Gasteiger partial charge in [-0.25, -0.2) is 9.97 Å². The van der Waals surface area contributed by atoms with E-state index in [9.17, 15) is 19.2 Å². The Hall–Kier alpha value is -7.32. The number of aliphatic imine (C=N–C) groups is 1. The van der Waals surface area contributed by atoms with Gasteiger partial charge in [-0.15, -0.1) is 0 Å². The number of imidazole rings is 2. The molecule has 0 aliphatic carbocycles. The van der Waals surface area contributed by atoms with Crippen LogP contribution in [0.15, 0.2) is 71.4 Å². The Bertz CT molecular complexity index is 2690. The lowest BCUT2D eigenvalue weighted by Gasteiger charge is -2.30. The highest BCUT2D eigenvalue weighted by Gasteiger charge is 2.23. The molecule has 5 aromatic rings. The molecule has 1 aliphatic rings. The number of fused-ring (bicyclic) bond motifs is 2. The second-order valence-electron chi connectivity index (χ2n) is 15.5. The Morgan fingerprint density at radius 1 is 0.831 bits per heavy atom. The monoisotopic (exact) mass is 890 g/mol. The summed E-state index contributed by atoms with van der Waals surface area (Å²) in [6.07, 6.45) is 11.3. The summed E-state index contributed by atoms with van der Waals surface area (Å²) < 4.78 is 17.1. The number of piperidine rings is 1. The summed E-state index contributed by atoms with van der Waals surface area (Å²) in [5.41, 5.74) is 20.9. The van der Waals surface area contributed by atoms with Crippen LogP contribution in [-0.2, 0) is 24.4 Å². The van der Waals surface area contributed by atoms with Gasteiger partial charge in [0.15, 0.2) is 0 Å². The van der Waals surface area contributed by atoms with Crippen LogP contribution < -0.4 is 42.6 Å². The molecule has 0 saturated carbocycles. The number of hydrogen-bond donors (Lipinski definition) is 6. The number of likely N-dealkylation sites (tertiary alicyclic amines) is 1. The molecule has 6 rings (SSSR count). The van der Waals surface area contributed by atoms with Gasteiger partial charge >= 0.3 is 0 Å². The van der Waals surface area contributed by atoms with Crippen molar-refractivity contribution >= 4 is 63.3 Å². The van der Waals surface area contributed by atoms with E-state index in [4.69, 9.17) is 36.6 Å². The zero-order valence-electron chi connectivity index (χ0n) is 37.7. The third-order valence-electron chi connectivity index (χ3n) is 10.8. The van der Waals surface area contributed by atoms with Gasteiger partial charge in [0.05, 0.1) is 23.8 Å². The van der Waals surface area contributed by atoms with Crippen LogP contribution in [0, 0.1) is 6.92 Å². The number of aryl methyl sites for hydroxylation is 2. The van der Waals surface area contributed by atoms with Gasteiger partial charge in [-0.05, 0) is 97.1 Å². The van der Waals surface area contributed by atoms with E-state index in [-0.39, 0.29) is 48.4 Å². The third kappa shape index (κ3) is 11.3. The van der Waals surface area contributed by atoms with Gasteiger partial charge in [-0.3, -0.25) is 44.4 Å². The van der Waals surface area contributed by atoms with Crippen LogP contribution in [0.3, 0.4) is 0 Å². The smallest absolute Gasteiger partial charge is 0.276 e. The van der Waals surface area contributed by atoms with Crippen molar-refractivity contribution in [2.75, 3.05) is 57.6 Å². The number of nitrogens with two attached hydrogens (primary N) is 3. The fourth-order valence-electron chi connectivity index (χ4n) is 7.62. The van der Waals surface area contributed by atoms with Crippen LogP contribution in [0.5, 0.6) is 11.5 Å². The van der Waals surface area contributed by atoms with Crippen LogP contribution in [0.1, 0.15) is 70.5 Å². The predicted molar refractivity (Wildman–Crippen MR) is 250 cm³/mol. The molecule has 1 fully saturated rings. The molecule has 344 valence electrons. The summed E-state index contributed by atoms with van der Waals surface area (Å²) in [5, 5.41) is 13.6. The van der Waals surface area contributed by atoms with Gasteiger partial charge in [-0.2, -0.15) is 5.10 Å². The molecule has 1 aliphatic heterocycles. The molecule has 4 amide bonds. The Morgan fingerprint density at radius 2 is 1.42 bits per heavy atom. The Morgan fingerprint density at radius 3 is 1.97 bits per heavy atom. The van der Waals surface area contributed by atoms with Crippen LogP contribution in [0.4, 0.5) is 11.9 Å². The lowest BCUT2D eigenvalue weighted by Crippen LogP contribution is -2.41. The number of hydrogen-bond acceptors (Lipinski definition) is 13. The average molecular weight is 891 g/mol. The van der Waals surface area contributed by atoms with Crippen molar-refractivity contribution in [3.8, 4) is 11.5 Å². The summed E-state index contributed by atoms with van der Waals surface area (Å²) in [5.74, 6) is -1.41. The summed E-state index contributed by atoms with van der Waals surface area (Å²) in [7, 11) is 3.46. The Kier molecular flexibility index (Phi) is 15.5. The van der Waals surface area contributed by atoms with E-state index < -0.39 is 23.6 Å². The average Bonchev–Trinajstić information content (AvgIpc) is 3.96. The van der Waals surface area contributed by atoms with Gasteiger partial charge in [-0.1, -0.05) is 24.3 Å². The van der Waals surface area contributed by atoms with Crippen LogP contribution in [0.2, 0.25) is 0 Å². The SMILES string of the molecule is CCN=C(/C=C(/C)N)C(=O)Nc1nc2cc(C(N)=O)cc(OC/C=C/CN3CCC(NC)CC3)c2n1C/C=C/Cn1c(NC(=O)c2cc(C)nn2CC)nc2cc(C(N)=O)cc(OC)c21. The fourth-order valence-corrected chi connectivity index (χ4v) is 7.62. The number of allylic oxidation sites excluding steroid dienone is 3. The normalized spacial score (nSPS) is 14.2. The second kappa shape index (κ2) is 21.4. The second-order valence-corrected chi connectivity index (χ2v) is 15.5. The molecule has 9 N–H and O–H groups in total. The largest absolute Gasteiger partial charge is 0.494 e. The van der Waals surface area contributed by atoms with Crippen molar-refractivity contribution in [1.82, 2.24) is 39.1 Å². The number of anilines is 2. The number of nitrogens with zero attached hydrogens (tertiary/aromatic N) is 8. The molecular formula is C45H58N14O6. The van der Waals surface area contributed by atoms with Crippen LogP contribution >= 0.6 is 0 Å². The lowest BCUT2D eigenvalue weighted by atomic mass is 10.1. The Labute approximate surface area is 376 Å². The maximum absolute atomic E-state index is 13.7. The number of carbonyl (C=O) groups excluding carboxylic acids is 4. The number of primary amides is 2. The van der Waals surface area contributed by atoms with Gasteiger partial charge in [0.2, 0.25) is 23.7 Å². The molecule has 0 spiro atoms. The first-order valence-corrected chi connectivity index (χ1v) is 21.4.